The van der Waals surface area contributed by atoms with Crippen LogP contribution in [0.4, 0.5) is 0 Å². The Labute approximate surface area is 101 Å². The summed E-state index contributed by atoms with van der Waals surface area (Å²) in [4.78, 5) is 13.2. The Kier molecular flexibility index (Phi) is 4.50. The lowest BCUT2D eigenvalue weighted by atomic mass is 10.0. The Bertz CT molecular complexity index is 333. The molecule has 4 heteroatoms. The molecule has 16 heavy (non-hydrogen) atoms. The molecule has 1 amide bonds. The highest BCUT2D eigenvalue weighted by Gasteiger charge is 2.27. The normalized spacial score (nSPS) is 13.5. The van der Waals surface area contributed by atoms with Crippen LogP contribution in [0.15, 0.2) is 17.5 Å². The van der Waals surface area contributed by atoms with Crippen LogP contribution in [-0.4, -0.2) is 18.0 Å². The molecule has 1 aromatic heterocycles. The molecule has 0 radical (unpaired) electrons. The van der Waals surface area contributed by atoms with Crippen molar-refractivity contribution in [2.45, 2.75) is 39.3 Å². The predicted molar refractivity (Wildman–Crippen MR) is 68.6 cm³/mol. The molecule has 90 valence electrons. The molecule has 1 aromatic rings. The van der Waals surface area contributed by atoms with E-state index in [1.807, 2.05) is 45.2 Å². The minimum atomic E-state index is -0.514. The number of thiophene rings is 1. The van der Waals surface area contributed by atoms with E-state index in [1.54, 1.807) is 11.3 Å². The molecule has 0 saturated heterocycles. The number of likely N-dealkylation sites (N-methyl/N-ethyl adjacent to an activating group) is 1. The third-order valence-corrected chi connectivity index (χ3v) is 3.56. The number of carbonyl (C=O) groups excluding carboxylic acids is 1. The summed E-state index contributed by atoms with van der Waals surface area (Å²) in [6.07, 6.45) is 0. The van der Waals surface area contributed by atoms with E-state index in [1.165, 1.54) is 4.88 Å². The van der Waals surface area contributed by atoms with Crippen LogP contribution in [0, 0.1) is 0 Å². The van der Waals surface area contributed by atoms with Gasteiger partial charge in [0.2, 0.25) is 5.91 Å². The highest BCUT2D eigenvalue weighted by atomic mass is 32.1. The highest BCUT2D eigenvalue weighted by Crippen LogP contribution is 2.18. The van der Waals surface area contributed by atoms with Gasteiger partial charge in [0.15, 0.2) is 0 Å². The minimum Gasteiger partial charge on any atom is -0.347 e. The topological polar surface area (TPSA) is 41.1 Å². The maximum atomic E-state index is 12.0. The molecule has 0 fully saturated rings. The predicted octanol–water partition coefficient (Wildman–Crippen LogP) is 2.31. The Morgan fingerprint density at radius 1 is 1.56 bits per heavy atom. The van der Waals surface area contributed by atoms with E-state index in [2.05, 4.69) is 10.6 Å². The summed E-state index contributed by atoms with van der Waals surface area (Å²) in [7, 11) is 0. The zero-order chi connectivity index (χ0) is 12.2. The number of rotatable bonds is 5. The van der Waals surface area contributed by atoms with E-state index in [0.717, 1.165) is 6.54 Å². The van der Waals surface area contributed by atoms with Crippen molar-refractivity contribution in [2.75, 3.05) is 6.54 Å². The largest absolute Gasteiger partial charge is 0.347 e. The first-order valence-corrected chi connectivity index (χ1v) is 6.44. The SMILES string of the molecule is CCNC(C)(C)C(=O)N[C@@H](C)c1cccs1. The zero-order valence-electron chi connectivity index (χ0n) is 10.3. The van der Waals surface area contributed by atoms with Crippen LogP contribution in [0.25, 0.3) is 0 Å². The number of hydrogen-bond donors (Lipinski definition) is 2. The van der Waals surface area contributed by atoms with Crippen LogP contribution in [0.5, 0.6) is 0 Å². The molecule has 1 heterocycles. The summed E-state index contributed by atoms with van der Waals surface area (Å²) < 4.78 is 0. The van der Waals surface area contributed by atoms with Crippen molar-refractivity contribution in [3.05, 3.63) is 22.4 Å². The molecule has 0 aliphatic rings. The van der Waals surface area contributed by atoms with Gasteiger partial charge >= 0.3 is 0 Å². The van der Waals surface area contributed by atoms with Crippen molar-refractivity contribution >= 4 is 17.2 Å². The quantitative estimate of drug-likeness (QED) is 0.829. The molecule has 0 unspecified atom stereocenters. The molecular formula is C12H20N2OS. The van der Waals surface area contributed by atoms with Gasteiger partial charge in [0.25, 0.3) is 0 Å². The van der Waals surface area contributed by atoms with Crippen molar-refractivity contribution < 1.29 is 4.79 Å². The fourth-order valence-electron chi connectivity index (χ4n) is 1.51. The number of hydrogen-bond acceptors (Lipinski definition) is 3. The van der Waals surface area contributed by atoms with Gasteiger partial charge in [-0.25, -0.2) is 0 Å². The molecule has 3 nitrogen and oxygen atoms in total. The van der Waals surface area contributed by atoms with Crippen molar-refractivity contribution in [1.82, 2.24) is 10.6 Å². The van der Waals surface area contributed by atoms with Crippen molar-refractivity contribution in [3.63, 3.8) is 0 Å². The van der Waals surface area contributed by atoms with Crippen LogP contribution in [0.3, 0.4) is 0 Å². The lowest BCUT2D eigenvalue weighted by Crippen LogP contribution is -2.52. The molecule has 0 aromatic carbocycles. The third-order valence-electron chi connectivity index (χ3n) is 2.50. The molecule has 0 spiro atoms. The van der Waals surface area contributed by atoms with Crippen LogP contribution in [-0.2, 0) is 4.79 Å². The van der Waals surface area contributed by atoms with Gasteiger partial charge in [-0.1, -0.05) is 13.0 Å². The molecule has 0 aliphatic heterocycles. The van der Waals surface area contributed by atoms with Crippen molar-refractivity contribution in [1.29, 1.82) is 0 Å². The second-order valence-corrected chi connectivity index (χ2v) is 5.35. The smallest absolute Gasteiger partial charge is 0.240 e. The van der Waals surface area contributed by atoms with E-state index in [9.17, 15) is 4.79 Å². The molecule has 1 rings (SSSR count). The van der Waals surface area contributed by atoms with Gasteiger partial charge < -0.3 is 10.6 Å². The number of nitrogens with one attached hydrogen (secondary N) is 2. The van der Waals surface area contributed by atoms with Gasteiger partial charge in [0.1, 0.15) is 0 Å². The van der Waals surface area contributed by atoms with Gasteiger partial charge in [0.05, 0.1) is 11.6 Å². The summed E-state index contributed by atoms with van der Waals surface area (Å²) in [6, 6.07) is 4.11. The second-order valence-electron chi connectivity index (χ2n) is 4.37. The van der Waals surface area contributed by atoms with Gasteiger partial charge in [-0.3, -0.25) is 4.79 Å². The average Bonchev–Trinajstić information content (AvgIpc) is 2.70. The molecule has 0 bridgehead atoms. The molecule has 0 saturated carbocycles. The van der Waals surface area contributed by atoms with Crippen LogP contribution in [0.1, 0.15) is 38.6 Å². The summed E-state index contributed by atoms with van der Waals surface area (Å²) >= 11 is 1.66. The summed E-state index contributed by atoms with van der Waals surface area (Å²) in [5, 5.41) is 8.20. The summed E-state index contributed by atoms with van der Waals surface area (Å²) in [6.45, 7) is 8.58. The van der Waals surface area contributed by atoms with E-state index in [-0.39, 0.29) is 11.9 Å². The van der Waals surface area contributed by atoms with Crippen molar-refractivity contribution in [2.24, 2.45) is 0 Å². The van der Waals surface area contributed by atoms with Crippen LogP contribution in [0.2, 0.25) is 0 Å². The van der Waals surface area contributed by atoms with Gasteiger partial charge in [-0.05, 0) is 38.8 Å². The first-order chi connectivity index (χ1) is 7.47. The van der Waals surface area contributed by atoms with Gasteiger partial charge in [-0.2, -0.15) is 0 Å². The Morgan fingerprint density at radius 2 is 2.25 bits per heavy atom. The summed E-state index contributed by atoms with van der Waals surface area (Å²) in [5.74, 6) is 0.0373. The zero-order valence-corrected chi connectivity index (χ0v) is 11.1. The molecular weight excluding hydrogens is 220 g/mol. The van der Waals surface area contributed by atoms with E-state index >= 15 is 0 Å². The Balaban J connectivity index is 2.57. The fraction of sp³-hybridized carbons (Fsp3) is 0.583. The maximum Gasteiger partial charge on any atom is 0.240 e. The fourth-order valence-corrected chi connectivity index (χ4v) is 2.24. The third kappa shape index (κ3) is 3.32. The summed E-state index contributed by atoms with van der Waals surface area (Å²) in [5.41, 5.74) is -0.514. The molecule has 0 aliphatic carbocycles. The first-order valence-electron chi connectivity index (χ1n) is 5.56. The lowest BCUT2D eigenvalue weighted by molar-refractivity contribution is -0.127. The lowest BCUT2D eigenvalue weighted by Gasteiger charge is -2.26. The monoisotopic (exact) mass is 240 g/mol. The van der Waals surface area contributed by atoms with Crippen molar-refractivity contribution in [3.8, 4) is 0 Å². The van der Waals surface area contributed by atoms with Crippen LogP contribution < -0.4 is 10.6 Å². The standard InChI is InChI=1S/C12H20N2OS/c1-5-13-12(3,4)11(15)14-9(2)10-7-6-8-16-10/h6-9,13H,5H2,1-4H3,(H,14,15)/t9-/m0/s1. The Hall–Kier alpha value is -0.870. The second kappa shape index (κ2) is 5.46. The van der Waals surface area contributed by atoms with E-state index in [0.29, 0.717) is 0 Å². The first kappa shape index (κ1) is 13.2. The molecule has 2 N–H and O–H groups in total. The Morgan fingerprint density at radius 3 is 2.75 bits per heavy atom. The number of carbonyl (C=O) groups is 1. The van der Waals surface area contributed by atoms with E-state index < -0.39 is 5.54 Å². The van der Waals surface area contributed by atoms with Gasteiger partial charge in [0, 0.05) is 4.88 Å². The van der Waals surface area contributed by atoms with E-state index in [4.69, 9.17) is 0 Å². The number of amides is 1. The highest BCUT2D eigenvalue weighted by molar-refractivity contribution is 7.10. The molecule has 1 atom stereocenters. The average molecular weight is 240 g/mol. The van der Waals surface area contributed by atoms with Gasteiger partial charge in [-0.15, -0.1) is 11.3 Å². The maximum absolute atomic E-state index is 12.0. The minimum absolute atomic E-state index is 0.0373. The van der Waals surface area contributed by atoms with Crippen LogP contribution >= 0.6 is 11.3 Å².